The molecule has 1 amide bonds. The number of nitrogens with one attached hydrogen (secondary N) is 1. The Labute approximate surface area is 93.0 Å². The van der Waals surface area contributed by atoms with Crippen molar-refractivity contribution in [2.75, 3.05) is 26.2 Å². The normalized spacial score (nSPS) is 18.2. The van der Waals surface area contributed by atoms with Crippen LogP contribution in [0.1, 0.15) is 22.9 Å². The highest BCUT2D eigenvalue weighted by atomic mass is 16.5. The average Bonchev–Trinajstić information content (AvgIpc) is 2.56. The lowest BCUT2D eigenvalue weighted by molar-refractivity contribution is 0.0987. The Morgan fingerprint density at radius 2 is 2.38 bits per heavy atom. The van der Waals surface area contributed by atoms with E-state index < -0.39 is 5.91 Å². The highest BCUT2D eigenvalue weighted by Gasteiger charge is 2.15. The van der Waals surface area contributed by atoms with Gasteiger partial charge in [0.1, 0.15) is 0 Å². The highest BCUT2D eigenvalue weighted by Crippen LogP contribution is 2.04. The van der Waals surface area contributed by atoms with Crippen LogP contribution in [0.3, 0.4) is 0 Å². The molecule has 1 saturated heterocycles. The molecule has 0 unspecified atom stereocenters. The second kappa shape index (κ2) is 5.04. The van der Waals surface area contributed by atoms with Crippen molar-refractivity contribution in [1.82, 2.24) is 20.4 Å². The van der Waals surface area contributed by atoms with Gasteiger partial charge in [0.25, 0.3) is 11.7 Å². The molecule has 2 heterocycles. The number of amides is 1. The van der Waals surface area contributed by atoms with Gasteiger partial charge in [0, 0.05) is 13.1 Å². The van der Waals surface area contributed by atoms with Crippen LogP contribution in [0.15, 0.2) is 4.52 Å². The van der Waals surface area contributed by atoms with Gasteiger partial charge in [-0.05, 0) is 19.5 Å². The second-order valence-corrected chi connectivity index (χ2v) is 3.76. The van der Waals surface area contributed by atoms with Gasteiger partial charge in [-0.3, -0.25) is 9.69 Å². The van der Waals surface area contributed by atoms with Crippen LogP contribution in [0.25, 0.3) is 0 Å². The largest absolute Gasteiger partial charge is 0.363 e. The van der Waals surface area contributed by atoms with E-state index >= 15 is 0 Å². The van der Waals surface area contributed by atoms with Crippen LogP contribution < -0.4 is 11.1 Å². The van der Waals surface area contributed by atoms with Gasteiger partial charge in [0.15, 0.2) is 0 Å². The summed E-state index contributed by atoms with van der Waals surface area (Å²) in [6.45, 7) is 4.49. The van der Waals surface area contributed by atoms with Gasteiger partial charge in [0.05, 0.1) is 6.54 Å². The number of nitrogens with zero attached hydrogens (tertiary/aromatic N) is 3. The van der Waals surface area contributed by atoms with E-state index in [2.05, 4.69) is 20.4 Å². The molecular formula is C9H15N5O2. The van der Waals surface area contributed by atoms with Gasteiger partial charge in [-0.25, -0.2) is 0 Å². The summed E-state index contributed by atoms with van der Waals surface area (Å²) in [6.07, 6.45) is 1.09. The summed E-state index contributed by atoms with van der Waals surface area (Å²) in [6, 6.07) is 0. The van der Waals surface area contributed by atoms with E-state index in [1.54, 1.807) is 0 Å². The summed E-state index contributed by atoms with van der Waals surface area (Å²) in [5.41, 5.74) is 5.04. The molecule has 1 aromatic heterocycles. The van der Waals surface area contributed by atoms with Gasteiger partial charge in [-0.1, -0.05) is 5.16 Å². The summed E-state index contributed by atoms with van der Waals surface area (Å²) in [7, 11) is 0. The van der Waals surface area contributed by atoms with E-state index in [-0.39, 0.29) is 5.82 Å². The van der Waals surface area contributed by atoms with E-state index in [0.717, 1.165) is 32.6 Å². The first-order chi connectivity index (χ1) is 7.75. The lowest BCUT2D eigenvalue weighted by Crippen LogP contribution is -2.27. The fourth-order valence-corrected chi connectivity index (χ4v) is 1.67. The van der Waals surface area contributed by atoms with Gasteiger partial charge in [-0.2, -0.15) is 4.98 Å². The van der Waals surface area contributed by atoms with E-state index in [9.17, 15) is 4.79 Å². The van der Waals surface area contributed by atoms with Crippen LogP contribution in [-0.4, -0.2) is 47.1 Å². The van der Waals surface area contributed by atoms with Crippen LogP contribution in [0.5, 0.6) is 0 Å². The topological polar surface area (TPSA) is 97.3 Å². The monoisotopic (exact) mass is 225 g/mol. The van der Waals surface area contributed by atoms with E-state index in [1.807, 2.05) is 0 Å². The number of carbonyl (C=O) groups is 1. The SMILES string of the molecule is NC(=O)c1noc(CN2CCCNCC2)n1. The zero-order valence-corrected chi connectivity index (χ0v) is 8.98. The standard InChI is InChI=1S/C9H15N5O2/c10-8(15)9-12-7(16-13-9)6-14-4-1-2-11-3-5-14/h11H,1-6H2,(H2,10,15). The minimum Gasteiger partial charge on any atom is -0.363 e. The quantitative estimate of drug-likeness (QED) is 0.682. The molecular weight excluding hydrogens is 210 g/mol. The Kier molecular flexibility index (Phi) is 3.47. The van der Waals surface area contributed by atoms with Gasteiger partial charge >= 0.3 is 0 Å². The lowest BCUT2D eigenvalue weighted by Gasteiger charge is -2.16. The number of rotatable bonds is 3. The molecule has 1 fully saturated rings. The summed E-state index contributed by atoms with van der Waals surface area (Å²) in [5, 5.41) is 6.81. The molecule has 0 aliphatic carbocycles. The maximum atomic E-state index is 10.8. The molecule has 0 spiro atoms. The van der Waals surface area contributed by atoms with Crippen molar-refractivity contribution in [3.05, 3.63) is 11.7 Å². The molecule has 3 N–H and O–H groups in total. The average molecular weight is 225 g/mol. The first kappa shape index (κ1) is 11.0. The van der Waals surface area contributed by atoms with Crippen LogP contribution >= 0.6 is 0 Å². The number of primary amides is 1. The number of hydrogen-bond donors (Lipinski definition) is 2. The van der Waals surface area contributed by atoms with Gasteiger partial charge in [-0.15, -0.1) is 0 Å². The number of nitrogens with two attached hydrogens (primary N) is 1. The fraction of sp³-hybridized carbons (Fsp3) is 0.667. The molecule has 0 radical (unpaired) electrons. The first-order valence-electron chi connectivity index (χ1n) is 5.31. The third kappa shape index (κ3) is 2.77. The molecule has 2 rings (SSSR count). The van der Waals surface area contributed by atoms with Crippen LogP contribution in [0.2, 0.25) is 0 Å². The van der Waals surface area contributed by atoms with Crippen molar-refractivity contribution >= 4 is 5.91 Å². The van der Waals surface area contributed by atoms with E-state index in [1.165, 1.54) is 0 Å². The van der Waals surface area contributed by atoms with Crippen molar-refractivity contribution < 1.29 is 9.32 Å². The molecule has 7 heteroatoms. The maximum Gasteiger partial charge on any atom is 0.290 e. The minimum absolute atomic E-state index is 0.0528. The fourth-order valence-electron chi connectivity index (χ4n) is 1.67. The summed E-state index contributed by atoms with van der Waals surface area (Å²) >= 11 is 0. The maximum absolute atomic E-state index is 10.8. The molecule has 0 aromatic carbocycles. The van der Waals surface area contributed by atoms with Crippen molar-refractivity contribution in [2.24, 2.45) is 5.73 Å². The third-order valence-electron chi connectivity index (χ3n) is 2.48. The molecule has 16 heavy (non-hydrogen) atoms. The Hall–Kier alpha value is -1.47. The second-order valence-electron chi connectivity index (χ2n) is 3.76. The Morgan fingerprint density at radius 1 is 1.50 bits per heavy atom. The Morgan fingerprint density at radius 3 is 3.12 bits per heavy atom. The molecule has 0 saturated carbocycles. The molecule has 88 valence electrons. The van der Waals surface area contributed by atoms with Crippen molar-refractivity contribution in [1.29, 1.82) is 0 Å². The number of aromatic nitrogens is 2. The van der Waals surface area contributed by atoms with E-state index in [0.29, 0.717) is 12.4 Å². The summed E-state index contributed by atoms with van der Waals surface area (Å²) in [4.78, 5) is 16.9. The predicted molar refractivity (Wildman–Crippen MR) is 55.6 cm³/mol. The van der Waals surface area contributed by atoms with Gasteiger partial charge < -0.3 is 15.6 Å². The number of carbonyl (C=O) groups excluding carboxylic acids is 1. The first-order valence-corrected chi connectivity index (χ1v) is 5.31. The zero-order chi connectivity index (χ0) is 11.4. The minimum atomic E-state index is -0.660. The van der Waals surface area contributed by atoms with Gasteiger partial charge in [0.2, 0.25) is 5.89 Å². The van der Waals surface area contributed by atoms with E-state index in [4.69, 9.17) is 10.3 Å². The lowest BCUT2D eigenvalue weighted by atomic mass is 10.4. The Balaban J connectivity index is 1.94. The Bertz CT molecular complexity index is 357. The van der Waals surface area contributed by atoms with Crippen molar-refractivity contribution in [2.45, 2.75) is 13.0 Å². The molecule has 1 aliphatic rings. The third-order valence-corrected chi connectivity index (χ3v) is 2.48. The highest BCUT2D eigenvalue weighted by molar-refractivity contribution is 5.88. The number of hydrogen-bond acceptors (Lipinski definition) is 6. The zero-order valence-electron chi connectivity index (χ0n) is 8.98. The van der Waals surface area contributed by atoms with Crippen molar-refractivity contribution in [3.8, 4) is 0 Å². The molecule has 1 aromatic rings. The smallest absolute Gasteiger partial charge is 0.290 e. The van der Waals surface area contributed by atoms with Crippen LogP contribution in [0.4, 0.5) is 0 Å². The van der Waals surface area contributed by atoms with Crippen LogP contribution in [0, 0.1) is 0 Å². The summed E-state index contributed by atoms with van der Waals surface area (Å²) < 4.78 is 4.95. The molecule has 7 nitrogen and oxygen atoms in total. The molecule has 1 aliphatic heterocycles. The summed E-state index contributed by atoms with van der Waals surface area (Å²) in [5.74, 6) is -0.272. The predicted octanol–water partition coefficient (Wildman–Crippen LogP) is -1.04. The van der Waals surface area contributed by atoms with Crippen molar-refractivity contribution in [3.63, 3.8) is 0 Å². The van der Waals surface area contributed by atoms with Crippen LogP contribution in [-0.2, 0) is 6.54 Å². The molecule has 0 atom stereocenters. The molecule has 0 bridgehead atoms.